The van der Waals surface area contributed by atoms with Crippen molar-refractivity contribution < 1.29 is 23.8 Å². The standard InChI is InChI=1S/C17H18N2O5/c18-11-17(7-3-4-8-17)19-15(20)10-23-16(21)14-9-22-12-5-1-2-6-13(12)24-14/h1-2,5-6,14H,3-4,7-10H2,(H,19,20)/t14-/m0/s1. The number of esters is 1. The number of hydrogen-bond donors (Lipinski definition) is 1. The van der Waals surface area contributed by atoms with Gasteiger partial charge in [-0.2, -0.15) is 5.26 Å². The molecule has 1 aromatic carbocycles. The lowest BCUT2D eigenvalue weighted by Crippen LogP contribution is -2.47. The molecule has 0 spiro atoms. The maximum absolute atomic E-state index is 12.0. The van der Waals surface area contributed by atoms with E-state index in [1.807, 2.05) is 0 Å². The van der Waals surface area contributed by atoms with Crippen molar-refractivity contribution in [1.82, 2.24) is 5.32 Å². The highest BCUT2D eigenvalue weighted by molar-refractivity contribution is 5.83. The molecule has 1 aliphatic carbocycles. The fourth-order valence-corrected chi connectivity index (χ4v) is 2.91. The Hall–Kier alpha value is -2.75. The Morgan fingerprint density at radius 1 is 1.29 bits per heavy atom. The van der Waals surface area contributed by atoms with Crippen molar-refractivity contribution in [3.8, 4) is 17.6 Å². The average molecular weight is 330 g/mol. The quantitative estimate of drug-likeness (QED) is 0.836. The lowest BCUT2D eigenvalue weighted by molar-refractivity contribution is -0.158. The molecule has 1 saturated carbocycles. The molecule has 126 valence electrons. The smallest absolute Gasteiger partial charge is 0.351 e. The van der Waals surface area contributed by atoms with E-state index in [-0.39, 0.29) is 6.61 Å². The predicted octanol–water partition coefficient (Wildman–Crippen LogP) is 1.32. The van der Waals surface area contributed by atoms with Crippen molar-refractivity contribution in [2.24, 2.45) is 0 Å². The minimum atomic E-state index is -0.913. The molecule has 1 atom stereocenters. The summed E-state index contributed by atoms with van der Waals surface area (Å²) in [4.78, 5) is 24.0. The van der Waals surface area contributed by atoms with Crippen LogP contribution < -0.4 is 14.8 Å². The lowest BCUT2D eigenvalue weighted by atomic mass is 10.00. The van der Waals surface area contributed by atoms with E-state index in [9.17, 15) is 14.9 Å². The van der Waals surface area contributed by atoms with Crippen LogP contribution in [0.1, 0.15) is 25.7 Å². The van der Waals surface area contributed by atoms with Gasteiger partial charge in [-0.05, 0) is 37.8 Å². The summed E-state index contributed by atoms with van der Waals surface area (Å²) in [6.45, 7) is -0.413. The van der Waals surface area contributed by atoms with Crippen LogP contribution in [-0.2, 0) is 14.3 Å². The summed E-state index contributed by atoms with van der Waals surface area (Å²) in [6.07, 6.45) is 2.14. The molecule has 1 amide bonds. The summed E-state index contributed by atoms with van der Waals surface area (Å²) in [5.41, 5.74) is -0.827. The van der Waals surface area contributed by atoms with E-state index in [2.05, 4.69) is 11.4 Å². The number of nitrogens with one attached hydrogen (secondary N) is 1. The van der Waals surface area contributed by atoms with Gasteiger partial charge in [-0.15, -0.1) is 0 Å². The van der Waals surface area contributed by atoms with Gasteiger partial charge >= 0.3 is 5.97 Å². The van der Waals surface area contributed by atoms with Gasteiger partial charge in [0, 0.05) is 0 Å². The van der Waals surface area contributed by atoms with Crippen molar-refractivity contribution in [2.75, 3.05) is 13.2 Å². The molecule has 24 heavy (non-hydrogen) atoms. The summed E-state index contributed by atoms with van der Waals surface area (Å²) < 4.78 is 15.9. The topological polar surface area (TPSA) is 97.7 Å². The number of amides is 1. The number of ether oxygens (including phenoxy) is 3. The fraction of sp³-hybridized carbons (Fsp3) is 0.471. The minimum absolute atomic E-state index is 0.0274. The molecule has 3 rings (SSSR count). The number of nitrogens with zero attached hydrogens (tertiary/aromatic N) is 1. The second-order valence-corrected chi connectivity index (χ2v) is 5.92. The molecule has 1 N–H and O–H groups in total. The summed E-state index contributed by atoms with van der Waals surface area (Å²) in [5.74, 6) is -0.123. The molecule has 1 aliphatic heterocycles. The van der Waals surface area contributed by atoms with Crippen molar-refractivity contribution in [2.45, 2.75) is 37.3 Å². The normalized spacial score (nSPS) is 20.7. The second kappa shape index (κ2) is 6.79. The van der Waals surface area contributed by atoms with E-state index < -0.39 is 30.1 Å². The molecule has 7 heteroatoms. The van der Waals surface area contributed by atoms with E-state index in [4.69, 9.17) is 14.2 Å². The summed E-state index contributed by atoms with van der Waals surface area (Å²) >= 11 is 0. The van der Waals surface area contributed by atoms with E-state index in [1.54, 1.807) is 24.3 Å². The first kappa shape index (κ1) is 16.1. The zero-order valence-corrected chi connectivity index (χ0v) is 13.1. The summed E-state index contributed by atoms with van der Waals surface area (Å²) in [5, 5.41) is 11.9. The Morgan fingerprint density at radius 2 is 2.00 bits per heavy atom. The SMILES string of the molecule is N#CC1(NC(=O)COC(=O)[C@@H]2COc3ccccc3O2)CCCC1. The zero-order chi connectivity index (χ0) is 17.0. The third-order valence-electron chi connectivity index (χ3n) is 4.17. The molecular formula is C17H18N2O5. The van der Waals surface area contributed by atoms with Crippen LogP contribution in [0.25, 0.3) is 0 Å². The van der Waals surface area contributed by atoms with E-state index in [0.29, 0.717) is 24.3 Å². The Bertz CT molecular complexity index is 676. The van der Waals surface area contributed by atoms with Crippen molar-refractivity contribution in [3.05, 3.63) is 24.3 Å². The molecule has 2 aliphatic rings. The number of nitriles is 1. The van der Waals surface area contributed by atoms with Gasteiger partial charge in [0.2, 0.25) is 6.10 Å². The van der Waals surface area contributed by atoms with Gasteiger partial charge in [0.15, 0.2) is 18.1 Å². The molecule has 1 aromatic rings. The summed E-state index contributed by atoms with van der Waals surface area (Å²) in [7, 11) is 0. The van der Waals surface area contributed by atoms with E-state index in [0.717, 1.165) is 12.8 Å². The molecule has 1 heterocycles. The Balaban J connectivity index is 1.49. The number of benzene rings is 1. The van der Waals surface area contributed by atoms with Crippen LogP contribution >= 0.6 is 0 Å². The van der Waals surface area contributed by atoms with Crippen LogP contribution in [-0.4, -0.2) is 36.7 Å². The van der Waals surface area contributed by atoms with Gasteiger partial charge in [-0.3, -0.25) is 4.79 Å². The average Bonchev–Trinajstić information content (AvgIpc) is 3.08. The van der Waals surface area contributed by atoms with Gasteiger partial charge in [0.25, 0.3) is 5.91 Å². The maximum atomic E-state index is 12.0. The lowest BCUT2D eigenvalue weighted by Gasteiger charge is -2.25. The first-order chi connectivity index (χ1) is 11.6. The Labute approximate surface area is 139 Å². The molecule has 7 nitrogen and oxygen atoms in total. The highest BCUT2D eigenvalue weighted by atomic mass is 16.6. The molecular weight excluding hydrogens is 312 g/mol. The van der Waals surface area contributed by atoms with Crippen molar-refractivity contribution in [3.63, 3.8) is 0 Å². The van der Waals surface area contributed by atoms with Gasteiger partial charge < -0.3 is 19.5 Å². The maximum Gasteiger partial charge on any atom is 0.351 e. The molecule has 1 fully saturated rings. The monoisotopic (exact) mass is 330 g/mol. The van der Waals surface area contributed by atoms with Gasteiger partial charge in [-0.1, -0.05) is 12.1 Å². The second-order valence-electron chi connectivity index (χ2n) is 5.92. The van der Waals surface area contributed by atoms with Gasteiger partial charge in [0.1, 0.15) is 12.1 Å². The van der Waals surface area contributed by atoms with Crippen molar-refractivity contribution in [1.29, 1.82) is 5.26 Å². The molecule has 0 bridgehead atoms. The number of carbonyl (C=O) groups is 2. The minimum Gasteiger partial charge on any atom is -0.485 e. The van der Waals surface area contributed by atoms with Crippen LogP contribution in [0.2, 0.25) is 0 Å². The molecule has 0 radical (unpaired) electrons. The van der Waals surface area contributed by atoms with Crippen LogP contribution in [0.5, 0.6) is 11.5 Å². The zero-order valence-electron chi connectivity index (χ0n) is 13.1. The predicted molar refractivity (Wildman–Crippen MR) is 82.3 cm³/mol. The number of carbonyl (C=O) groups excluding carboxylic acids is 2. The molecule has 0 unspecified atom stereocenters. The number of fused-ring (bicyclic) bond motifs is 1. The highest BCUT2D eigenvalue weighted by Gasteiger charge is 2.36. The Kier molecular flexibility index (Phi) is 4.56. The third-order valence-corrected chi connectivity index (χ3v) is 4.17. The van der Waals surface area contributed by atoms with Crippen LogP contribution in [0.3, 0.4) is 0 Å². The van der Waals surface area contributed by atoms with E-state index >= 15 is 0 Å². The van der Waals surface area contributed by atoms with Crippen LogP contribution in [0.4, 0.5) is 0 Å². The largest absolute Gasteiger partial charge is 0.485 e. The Morgan fingerprint density at radius 3 is 2.71 bits per heavy atom. The number of para-hydroxylation sites is 2. The highest BCUT2D eigenvalue weighted by Crippen LogP contribution is 2.31. The van der Waals surface area contributed by atoms with Crippen molar-refractivity contribution >= 4 is 11.9 Å². The number of hydrogen-bond acceptors (Lipinski definition) is 6. The van der Waals surface area contributed by atoms with Gasteiger partial charge in [-0.25, -0.2) is 4.79 Å². The van der Waals surface area contributed by atoms with Crippen LogP contribution in [0, 0.1) is 11.3 Å². The third kappa shape index (κ3) is 3.43. The number of rotatable bonds is 4. The van der Waals surface area contributed by atoms with Crippen LogP contribution in [0.15, 0.2) is 24.3 Å². The molecule has 0 aromatic heterocycles. The first-order valence-corrected chi connectivity index (χ1v) is 7.89. The fourth-order valence-electron chi connectivity index (χ4n) is 2.91. The first-order valence-electron chi connectivity index (χ1n) is 7.89. The molecule has 0 saturated heterocycles. The van der Waals surface area contributed by atoms with Gasteiger partial charge in [0.05, 0.1) is 6.07 Å². The van der Waals surface area contributed by atoms with E-state index in [1.165, 1.54) is 0 Å². The summed E-state index contributed by atoms with van der Waals surface area (Å²) in [6, 6.07) is 9.16.